The maximum absolute atomic E-state index is 12.9. The first-order valence-electron chi connectivity index (χ1n) is 8.40. The van der Waals surface area contributed by atoms with Gasteiger partial charge < -0.3 is 9.47 Å². The highest BCUT2D eigenvalue weighted by Crippen LogP contribution is 2.44. The summed E-state index contributed by atoms with van der Waals surface area (Å²) in [5.41, 5.74) is -0.403. The molecule has 24 heavy (non-hydrogen) atoms. The molecule has 0 aromatic rings. The maximum atomic E-state index is 12.9. The van der Waals surface area contributed by atoms with Crippen LogP contribution in [0.2, 0.25) is 0 Å². The number of allylic oxidation sites excluding steroid dienone is 1. The van der Waals surface area contributed by atoms with Gasteiger partial charge in [-0.15, -0.1) is 0 Å². The molecule has 0 aliphatic carbocycles. The van der Waals surface area contributed by atoms with E-state index in [-0.39, 0.29) is 18.5 Å². The van der Waals surface area contributed by atoms with E-state index < -0.39 is 23.3 Å². The van der Waals surface area contributed by atoms with E-state index in [2.05, 4.69) is 6.58 Å². The Balaban J connectivity index is 3.43. The van der Waals surface area contributed by atoms with Gasteiger partial charge in [0.2, 0.25) is 0 Å². The molecule has 1 aliphatic rings. The largest absolute Gasteiger partial charge is 0.445 e. The van der Waals surface area contributed by atoms with Gasteiger partial charge in [0.15, 0.2) is 11.8 Å². The van der Waals surface area contributed by atoms with Crippen molar-refractivity contribution in [2.75, 3.05) is 6.61 Å². The van der Waals surface area contributed by atoms with Gasteiger partial charge in [0.05, 0.1) is 0 Å². The van der Waals surface area contributed by atoms with E-state index in [9.17, 15) is 9.59 Å². The Morgan fingerprint density at radius 2 is 2.00 bits per heavy atom. The van der Waals surface area contributed by atoms with Crippen molar-refractivity contribution in [3.63, 3.8) is 0 Å². The second kappa shape index (κ2) is 7.41. The topological polar surface area (TPSA) is 55.8 Å². The van der Waals surface area contributed by atoms with Crippen molar-refractivity contribution in [1.29, 1.82) is 0 Å². The van der Waals surface area contributed by atoms with Crippen LogP contribution in [-0.2, 0) is 14.3 Å². The lowest BCUT2D eigenvalue weighted by molar-refractivity contribution is -0.149. The molecule has 0 spiro atoms. The summed E-state index contributed by atoms with van der Waals surface area (Å²) in [6.07, 6.45) is 2.67. The van der Waals surface area contributed by atoms with Crippen LogP contribution in [0, 0.1) is 11.3 Å². The Morgan fingerprint density at radius 3 is 2.42 bits per heavy atom. The van der Waals surface area contributed by atoms with Crippen LogP contribution in [0.1, 0.15) is 54.9 Å². The molecule has 1 fully saturated rings. The fourth-order valence-electron chi connectivity index (χ4n) is 2.88. The van der Waals surface area contributed by atoms with Crippen LogP contribution >= 0.6 is 0 Å². The van der Waals surface area contributed by atoms with Gasteiger partial charge in [0.1, 0.15) is 6.61 Å². The van der Waals surface area contributed by atoms with Crippen molar-refractivity contribution >= 4 is 12.1 Å². The summed E-state index contributed by atoms with van der Waals surface area (Å²) >= 11 is 0. The van der Waals surface area contributed by atoms with Gasteiger partial charge >= 0.3 is 12.1 Å². The number of carbonyl (C=O) groups is 2. The minimum Gasteiger partial charge on any atom is -0.445 e. The average molecular weight is 337 g/mol. The molecule has 0 radical (unpaired) electrons. The lowest BCUT2D eigenvalue weighted by atomic mass is 9.80. The second-order valence-electron chi connectivity index (χ2n) is 7.92. The van der Waals surface area contributed by atoms with Crippen molar-refractivity contribution < 1.29 is 19.1 Å². The summed E-state index contributed by atoms with van der Waals surface area (Å²) in [6, 6.07) is 0. The molecule has 136 valence electrons. The van der Waals surface area contributed by atoms with Crippen molar-refractivity contribution in [3.05, 3.63) is 24.3 Å². The molecule has 0 aromatic heterocycles. The zero-order valence-electron chi connectivity index (χ0n) is 16.0. The van der Waals surface area contributed by atoms with Gasteiger partial charge in [-0.25, -0.2) is 9.59 Å². The molecule has 0 aromatic carbocycles. The van der Waals surface area contributed by atoms with Crippen LogP contribution in [0.5, 0.6) is 0 Å². The van der Waals surface area contributed by atoms with Crippen molar-refractivity contribution in [2.45, 2.75) is 66.7 Å². The van der Waals surface area contributed by atoms with Gasteiger partial charge in [0, 0.05) is 11.8 Å². The van der Waals surface area contributed by atoms with Crippen LogP contribution in [0.3, 0.4) is 0 Å². The lowest BCUT2D eigenvalue weighted by Crippen LogP contribution is -2.58. The molecular weight excluding hydrogens is 306 g/mol. The highest BCUT2D eigenvalue weighted by molar-refractivity contribution is 5.89. The predicted octanol–water partition coefficient (Wildman–Crippen LogP) is 4.29. The molecule has 0 N–H and O–H groups in total. The van der Waals surface area contributed by atoms with Crippen molar-refractivity contribution in [3.8, 4) is 0 Å². The van der Waals surface area contributed by atoms with Gasteiger partial charge in [-0.2, -0.15) is 0 Å². The van der Waals surface area contributed by atoms with Crippen LogP contribution in [0.25, 0.3) is 0 Å². The third-order valence-electron chi connectivity index (χ3n) is 4.28. The van der Waals surface area contributed by atoms with Crippen molar-refractivity contribution in [1.82, 2.24) is 4.90 Å². The Kier molecular flexibility index (Phi) is 6.26. The van der Waals surface area contributed by atoms with Crippen LogP contribution in [0.4, 0.5) is 4.79 Å². The monoisotopic (exact) mass is 337 g/mol. The van der Waals surface area contributed by atoms with E-state index in [1.54, 1.807) is 0 Å². The minimum absolute atomic E-state index is 0.0945. The van der Waals surface area contributed by atoms with E-state index in [1.807, 2.05) is 54.5 Å². The molecule has 5 nitrogen and oxygen atoms in total. The summed E-state index contributed by atoms with van der Waals surface area (Å²) in [7, 11) is 0. The average Bonchev–Trinajstić information content (AvgIpc) is 2.76. The van der Waals surface area contributed by atoms with E-state index in [0.717, 1.165) is 5.57 Å². The van der Waals surface area contributed by atoms with Crippen LogP contribution in [-0.4, -0.2) is 35.3 Å². The first kappa shape index (κ1) is 20.3. The highest BCUT2D eigenvalue weighted by Gasteiger charge is 2.61. The quantitative estimate of drug-likeness (QED) is 0.555. The molecule has 2 atom stereocenters. The lowest BCUT2D eigenvalue weighted by Gasteiger charge is -2.41. The first-order chi connectivity index (χ1) is 11.0. The predicted molar refractivity (Wildman–Crippen MR) is 94.3 cm³/mol. The first-order valence-corrected chi connectivity index (χ1v) is 8.40. The standard InChI is InChI=1S/C19H31NO4/c1-9-12-23-17(22)20-15(18(6,7)8)24-16(21)19(20,14(4)5)11-10-13(2)3/h9-10,14-15H,1,11-12H2,2-8H3/t15-,19-/m1/s1. The van der Waals surface area contributed by atoms with Crippen molar-refractivity contribution in [2.24, 2.45) is 11.3 Å². The molecule has 1 amide bonds. The van der Waals surface area contributed by atoms with E-state index in [4.69, 9.17) is 9.47 Å². The number of nitrogens with zero attached hydrogens (tertiary/aromatic N) is 1. The molecule has 1 heterocycles. The molecule has 1 saturated heterocycles. The van der Waals surface area contributed by atoms with Crippen LogP contribution < -0.4 is 0 Å². The van der Waals surface area contributed by atoms with Crippen LogP contribution in [0.15, 0.2) is 24.3 Å². The molecule has 0 saturated carbocycles. The number of esters is 1. The Hall–Kier alpha value is -1.78. The number of ether oxygens (including phenoxy) is 2. The second-order valence-corrected chi connectivity index (χ2v) is 7.92. The summed E-state index contributed by atoms with van der Waals surface area (Å²) in [5, 5.41) is 0. The summed E-state index contributed by atoms with van der Waals surface area (Å²) in [5.74, 6) is -0.491. The molecular formula is C19H31NO4. The number of hydrogen-bond acceptors (Lipinski definition) is 4. The van der Waals surface area contributed by atoms with Gasteiger partial charge in [-0.1, -0.05) is 58.9 Å². The normalized spacial score (nSPS) is 23.9. The fraction of sp³-hybridized carbons (Fsp3) is 0.684. The number of rotatable bonds is 5. The third kappa shape index (κ3) is 3.82. The van der Waals surface area contributed by atoms with E-state index >= 15 is 0 Å². The van der Waals surface area contributed by atoms with E-state index in [0.29, 0.717) is 6.42 Å². The molecule has 0 bridgehead atoms. The fourth-order valence-corrected chi connectivity index (χ4v) is 2.88. The Labute approximate surface area is 145 Å². The molecule has 1 aliphatic heterocycles. The summed E-state index contributed by atoms with van der Waals surface area (Å²) in [4.78, 5) is 27.2. The van der Waals surface area contributed by atoms with Gasteiger partial charge in [-0.05, 0) is 19.8 Å². The summed E-state index contributed by atoms with van der Waals surface area (Å²) in [6.45, 7) is 17.3. The van der Waals surface area contributed by atoms with E-state index in [1.165, 1.54) is 11.0 Å². The SMILES string of the molecule is C=CCOC(=O)N1[C@@H](C(C)(C)C)OC(=O)[C@@]1(CC=C(C)C)C(C)C. The Bertz CT molecular complexity index is 526. The molecule has 5 heteroatoms. The minimum atomic E-state index is -1.06. The molecule has 0 unspecified atom stereocenters. The number of amides is 1. The number of hydrogen-bond donors (Lipinski definition) is 0. The zero-order chi connectivity index (χ0) is 18.7. The smallest absolute Gasteiger partial charge is 0.414 e. The third-order valence-corrected chi connectivity index (χ3v) is 4.28. The highest BCUT2D eigenvalue weighted by atomic mass is 16.6. The van der Waals surface area contributed by atoms with Gasteiger partial charge in [-0.3, -0.25) is 4.90 Å². The summed E-state index contributed by atoms with van der Waals surface area (Å²) < 4.78 is 11.0. The number of carbonyl (C=O) groups excluding carboxylic acids is 2. The maximum Gasteiger partial charge on any atom is 0.414 e. The number of cyclic esters (lactones) is 1. The zero-order valence-corrected chi connectivity index (χ0v) is 16.0. The Morgan fingerprint density at radius 1 is 1.42 bits per heavy atom. The van der Waals surface area contributed by atoms with Gasteiger partial charge in [0.25, 0.3) is 0 Å². The molecule has 1 rings (SSSR count).